The van der Waals surface area contributed by atoms with Gasteiger partial charge in [-0.15, -0.1) is 0 Å². The summed E-state index contributed by atoms with van der Waals surface area (Å²) in [6.07, 6.45) is 2.82. The van der Waals surface area contributed by atoms with E-state index in [1.165, 1.54) is 39.0 Å². The molecule has 0 radical (unpaired) electrons. The standard InChI is InChI=1S/C14H29N3/c1-12(10-15-14(2,3)4)17-9-8-16-7-5-6-13(16)11-17/h12-13,15H,5-11H2,1-4H3. The zero-order valence-corrected chi connectivity index (χ0v) is 12.0. The van der Waals surface area contributed by atoms with Gasteiger partial charge in [-0.25, -0.2) is 0 Å². The first kappa shape index (κ1) is 13.3. The maximum atomic E-state index is 3.62. The van der Waals surface area contributed by atoms with Gasteiger partial charge in [0.1, 0.15) is 0 Å². The molecule has 2 rings (SSSR count). The third-order valence-corrected chi connectivity index (χ3v) is 4.17. The van der Waals surface area contributed by atoms with Gasteiger partial charge in [0, 0.05) is 43.8 Å². The number of nitrogens with zero attached hydrogens (tertiary/aromatic N) is 2. The SMILES string of the molecule is CC(CNC(C)(C)C)N1CCN2CCCC2C1. The molecule has 2 heterocycles. The van der Waals surface area contributed by atoms with Gasteiger partial charge in [-0.1, -0.05) is 0 Å². The monoisotopic (exact) mass is 239 g/mol. The summed E-state index contributed by atoms with van der Waals surface area (Å²) in [7, 11) is 0. The van der Waals surface area contributed by atoms with Gasteiger partial charge in [0.2, 0.25) is 0 Å². The van der Waals surface area contributed by atoms with Gasteiger partial charge >= 0.3 is 0 Å². The highest BCUT2D eigenvalue weighted by atomic mass is 15.3. The van der Waals surface area contributed by atoms with Crippen molar-refractivity contribution in [3.8, 4) is 0 Å². The Morgan fingerprint density at radius 2 is 2.00 bits per heavy atom. The van der Waals surface area contributed by atoms with E-state index in [1.807, 2.05) is 0 Å². The molecule has 0 amide bonds. The fourth-order valence-corrected chi connectivity index (χ4v) is 3.00. The summed E-state index contributed by atoms with van der Waals surface area (Å²) in [5.41, 5.74) is 0.240. The Labute approximate surface area is 107 Å². The van der Waals surface area contributed by atoms with Crippen LogP contribution in [0, 0.1) is 0 Å². The molecule has 100 valence electrons. The topological polar surface area (TPSA) is 18.5 Å². The van der Waals surface area contributed by atoms with Gasteiger partial charge in [-0.05, 0) is 47.1 Å². The molecular formula is C14H29N3. The maximum Gasteiger partial charge on any atom is 0.0224 e. The Kier molecular flexibility index (Phi) is 4.11. The molecule has 2 fully saturated rings. The number of piperazine rings is 1. The normalized spacial score (nSPS) is 29.3. The maximum absolute atomic E-state index is 3.62. The highest BCUT2D eigenvalue weighted by Gasteiger charge is 2.32. The summed E-state index contributed by atoms with van der Waals surface area (Å²) in [5, 5.41) is 3.62. The average Bonchev–Trinajstić information content (AvgIpc) is 2.71. The number of hydrogen-bond donors (Lipinski definition) is 1. The van der Waals surface area contributed by atoms with Crippen LogP contribution >= 0.6 is 0 Å². The molecule has 1 N–H and O–H groups in total. The Morgan fingerprint density at radius 3 is 2.71 bits per heavy atom. The van der Waals surface area contributed by atoms with E-state index in [1.54, 1.807) is 0 Å². The van der Waals surface area contributed by atoms with Crippen LogP contribution in [0.25, 0.3) is 0 Å². The average molecular weight is 239 g/mol. The molecular weight excluding hydrogens is 210 g/mol. The number of fused-ring (bicyclic) bond motifs is 1. The predicted octanol–water partition coefficient (Wildman–Crippen LogP) is 1.54. The predicted molar refractivity (Wildman–Crippen MR) is 73.4 cm³/mol. The van der Waals surface area contributed by atoms with Crippen molar-refractivity contribution >= 4 is 0 Å². The molecule has 17 heavy (non-hydrogen) atoms. The van der Waals surface area contributed by atoms with E-state index >= 15 is 0 Å². The molecule has 0 bridgehead atoms. The first-order valence-electron chi connectivity index (χ1n) is 7.19. The van der Waals surface area contributed by atoms with Crippen molar-refractivity contribution in [2.45, 2.75) is 58.2 Å². The lowest BCUT2D eigenvalue weighted by atomic mass is 10.1. The zero-order chi connectivity index (χ0) is 12.5. The van der Waals surface area contributed by atoms with E-state index in [9.17, 15) is 0 Å². The lowest BCUT2D eigenvalue weighted by molar-refractivity contribution is 0.0747. The molecule has 0 aromatic carbocycles. The molecule has 2 aliphatic heterocycles. The molecule has 0 spiro atoms. The van der Waals surface area contributed by atoms with Crippen LogP contribution in [0.3, 0.4) is 0 Å². The van der Waals surface area contributed by atoms with Crippen LogP contribution < -0.4 is 5.32 Å². The van der Waals surface area contributed by atoms with Crippen molar-refractivity contribution in [3.05, 3.63) is 0 Å². The molecule has 0 aliphatic carbocycles. The van der Waals surface area contributed by atoms with E-state index in [0.29, 0.717) is 6.04 Å². The second-order valence-corrected chi connectivity index (χ2v) is 6.81. The second kappa shape index (κ2) is 5.25. The van der Waals surface area contributed by atoms with E-state index < -0.39 is 0 Å². The second-order valence-electron chi connectivity index (χ2n) is 6.81. The number of hydrogen-bond acceptors (Lipinski definition) is 3. The molecule has 0 aromatic heterocycles. The Morgan fingerprint density at radius 1 is 1.24 bits per heavy atom. The minimum Gasteiger partial charge on any atom is -0.311 e. The summed E-state index contributed by atoms with van der Waals surface area (Å²) in [4.78, 5) is 5.35. The fourth-order valence-electron chi connectivity index (χ4n) is 3.00. The van der Waals surface area contributed by atoms with Gasteiger partial charge in [-0.2, -0.15) is 0 Å². The molecule has 0 aromatic rings. The van der Waals surface area contributed by atoms with Crippen molar-refractivity contribution in [1.29, 1.82) is 0 Å². The highest BCUT2D eigenvalue weighted by molar-refractivity contribution is 4.89. The van der Waals surface area contributed by atoms with E-state index in [2.05, 4.69) is 42.8 Å². The first-order valence-corrected chi connectivity index (χ1v) is 7.19. The minimum atomic E-state index is 0.240. The van der Waals surface area contributed by atoms with Gasteiger partial charge < -0.3 is 5.32 Å². The molecule has 2 unspecified atom stereocenters. The lowest BCUT2D eigenvalue weighted by Crippen LogP contribution is -2.55. The van der Waals surface area contributed by atoms with Gasteiger partial charge in [-0.3, -0.25) is 9.80 Å². The molecule has 2 atom stereocenters. The van der Waals surface area contributed by atoms with Gasteiger partial charge in [0.15, 0.2) is 0 Å². The fraction of sp³-hybridized carbons (Fsp3) is 1.00. The van der Waals surface area contributed by atoms with Crippen LogP contribution in [0.2, 0.25) is 0 Å². The van der Waals surface area contributed by atoms with Crippen LogP contribution in [0.5, 0.6) is 0 Å². The molecule has 0 saturated carbocycles. The van der Waals surface area contributed by atoms with Gasteiger partial charge in [0.05, 0.1) is 0 Å². The van der Waals surface area contributed by atoms with Gasteiger partial charge in [0.25, 0.3) is 0 Å². The van der Waals surface area contributed by atoms with Crippen LogP contribution in [0.4, 0.5) is 0 Å². The summed E-state index contributed by atoms with van der Waals surface area (Å²) < 4.78 is 0. The van der Waals surface area contributed by atoms with E-state index in [0.717, 1.165) is 12.6 Å². The zero-order valence-electron chi connectivity index (χ0n) is 12.0. The summed E-state index contributed by atoms with van der Waals surface area (Å²) in [6, 6.07) is 1.51. The molecule has 2 aliphatic rings. The lowest BCUT2D eigenvalue weighted by Gasteiger charge is -2.41. The van der Waals surface area contributed by atoms with Crippen molar-refractivity contribution in [3.63, 3.8) is 0 Å². The largest absolute Gasteiger partial charge is 0.311 e. The van der Waals surface area contributed by atoms with Crippen molar-refractivity contribution in [2.24, 2.45) is 0 Å². The van der Waals surface area contributed by atoms with Crippen molar-refractivity contribution < 1.29 is 0 Å². The van der Waals surface area contributed by atoms with Crippen molar-refractivity contribution in [2.75, 3.05) is 32.7 Å². The molecule has 3 nitrogen and oxygen atoms in total. The quantitative estimate of drug-likeness (QED) is 0.806. The van der Waals surface area contributed by atoms with Crippen molar-refractivity contribution in [1.82, 2.24) is 15.1 Å². The Balaban J connectivity index is 1.78. The number of rotatable bonds is 3. The van der Waals surface area contributed by atoms with E-state index in [4.69, 9.17) is 0 Å². The first-order chi connectivity index (χ1) is 7.96. The number of nitrogens with one attached hydrogen (secondary N) is 1. The van der Waals surface area contributed by atoms with Crippen LogP contribution in [0.1, 0.15) is 40.5 Å². The summed E-state index contributed by atoms with van der Waals surface area (Å²) in [5.74, 6) is 0. The third-order valence-electron chi connectivity index (χ3n) is 4.17. The Bertz CT molecular complexity index is 246. The van der Waals surface area contributed by atoms with E-state index in [-0.39, 0.29) is 5.54 Å². The minimum absolute atomic E-state index is 0.240. The third kappa shape index (κ3) is 3.67. The van der Waals surface area contributed by atoms with Crippen LogP contribution in [-0.4, -0.2) is 60.1 Å². The highest BCUT2D eigenvalue weighted by Crippen LogP contribution is 2.22. The summed E-state index contributed by atoms with van der Waals surface area (Å²) >= 11 is 0. The van der Waals surface area contributed by atoms with Crippen LogP contribution in [0.15, 0.2) is 0 Å². The molecule has 2 saturated heterocycles. The van der Waals surface area contributed by atoms with Crippen LogP contribution in [-0.2, 0) is 0 Å². The Hall–Kier alpha value is -0.120. The smallest absolute Gasteiger partial charge is 0.0224 e. The molecule has 3 heteroatoms. The summed E-state index contributed by atoms with van der Waals surface area (Å²) in [6.45, 7) is 15.4.